The number of allylic oxidation sites excluding steroid dienone is 16. The van der Waals surface area contributed by atoms with Crippen molar-refractivity contribution in [1.82, 2.24) is 0 Å². The second-order valence-electron chi connectivity index (χ2n) is 17.1. The molecule has 0 rings (SSSR count). The van der Waals surface area contributed by atoms with Gasteiger partial charge in [-0.2, -0.15) is 0 Å². The van der Waals surface area contributed by atoms with Gasteiger partial charge in [0.2, 0.25) is 0 Å². The lowest BCUT2D eigenvalue weighted by Gasteiger charge is -2.18. The molecule has 0 fully saturated rings. The van der Waals surface area contributed by atoms with E-state index in [2.05, 4.69) is 81.5 Å². The summed E-state index contributed by atoms with van der Waals surface area (Å²) in [6.45, 7) is 6.33. The summed E-state index contributed by atoms with van der Waals surface area (Å²) in [5.41, 5.74) is 0. The molecule has 0 heterocycles. The van der Waals surface area contributed by atoms with Crippen LogP contribution in [-0.4, -0.2) is 37.2 Å². The van der Waals surface area contributed by atoms with Gasteiger partial charge in [0.25, 0.3) is 0 Å². The minimum Gasteiger partial charge on any atom is -0.462 e. The van der Waals surface area contributed by atoms with Crippen LogP contribution in [0.2, 0.25) is 0 Å². The number of esters is 3. The van der Waals surface area contributed by atoms with Gasteiger partial charge >= 0.3 is 17.9 Å². The molecule has 0 amide bonds. The smallest absolute Gasteiger partial charge is 0.306 e. The molecule has 364 valence electrons. The number of carbonyl (C=O) groups is 3. The van der Waals surface area contributed by atoms with E-state index in [0.717, 1.165) is 103 Å². The molecule has 0 N–H and O–H groups in total. The fraction of sp³-hybridized carbons (Fsp3) is 0.672. The maximum Gasteiger partial charge on any atom is 0.306 e. The van der Waals surface area contributed by atoms with Crippen LogP contribution in [0.4, 0.5) is 0 Å². The van der Waals surface area contributed by atoms with E-state index in [1.807, 2.05) is 36.5 Å². The van der Waals surface area contributed by atoms with Gasteiger partial charge in [0.1, 0.15) is 13.2 Å². The molecular formula is C58H96O6. The molecular weight excluding hydrogens is 793 g/mol. The first kappa shape index (κ1) is 60.3. The summed E-state index contributed by atoms with van der Waals surface area (Å²) in [6, 6.07) is 0. The first-order chi connectivity index (χ1) is 31.5. The van der Waals surface area contributed by atoms with Gasteiger partial charge in [-0.25, -0.2) is 0 Å². The predicted octanol–water partition coefficient (Wildman–Crippen LogP) is 17.4. The molecule has 1 unspecified atom stereocenters. The highest BCUT2D eigenvalue weighted by atomic mass is 16.6. The zero-order chi connectivity index (χ0) is 46.5. The third-order valence-electron chi connectivity index (χ3n) is 10.9. The summed E-state index contributed by atoms with van der Waals surface area (Å²) in [7, 11) is 0. The zero-order valence-corrected chi connectivity index (χ0v) is 41.5. The number of hydrogen-bond donors (Lipinski definition) is 0. The van der Waals surface area contributed by atoms with E-state index in [1.54, 1.807) is 0 Å². The predicted molar refractivity (Wildman–Crippen MR) is 274 cm³/mol. The number of ether oxygens (including phenoxy) is 3. The maximum atomic E-state index is 12.8. The lowest BCUT2D eigenvalue weighted by molar-refractivity contribution is -0.167. The van der Waals surface area contributed by atoms with Crippen molar-refractivity contribution in [3.05, 3.63) is 97.2 Å². The topological polar surface area (TPSA) is 78.9 Å². The summed E-state index contributed by atoms with van der Waals surface area (Å²) in [6.07, 6.45) is 68.2. The van der Waals surface area contributed by atoms with Crippen LogP contribution >= 0.6 is 0 Å². The number of hydrogen-bond acceptors (Lipinski definition) is 6. The van der Waals surface area contributed by atoms with E-state index in [-0.39, 0.29) is 31.1 Å². The zero-order valence-electron chi connectivity index (χ0n) is 41.5. The summed E-state index contributed by atoms with van der Waals surface area (Å²) >= 11 is 0. The fourth-order valence-electron chi connectivity index (χ4n) is 6.99. The van der Waals surface area contributed by atoms with E-state index in [4.69, 9.17) is 14.2 Å². The molecule has 0 aliphatic heterocycles. The summed E-state index contributed by atoms with van der Waals surface area (Å²) < 4.78 is 16.8. The Labute approximate surface area is 394 Å². The minimum absolute atomic E-state index is 0.100. The Morgan fingerprint density at radius 3 is 1.17 bits per heavy atom. The van der Waals surface area contributed by atoms with E-state index in [0.29, 0.717) is 19.3 Å². The van der Waals surface area contributed by atoms with Gasteiger partial charge in [-0.3, -0.25) is 14.4 Å². The molecule has 0 saturated carbocycles. The van der Waals surface area contributed by atoms with Crippen LogP contribution in [0.3, 0.4) is 0 Å². The van der Waals surface area contributed by atoms with E-state index in [1.165, 1.54) is 89.9 Å². The first-order valence-corrected chi connectivity index (χ1v) is 26.3. The molecule has 0 aliphatic carbocycles. The third kappa shape index (κ3) is 49.3. The van der Waals surface area contributed by atoms with Gasteiger partial charge in [0.05, 0.1) is 0 Å². The summed E-state index contributed by atoms with van der Waals surface area (Å²) in [5, 5.41) is 0. The number of unbranched alkanes of at least 4 members (excludes halogenated alkanes) is 22. The average molecular weight is 889 g/mol. The van der Waals surface area contributed by atoms with Gasteiger partial charge < -0.3 is 14.2 Å². The standard InChI is InChI=1S/C58H96O6/c1-4-7-10-13-16-19-22-25-27-28-29-30-31-34-36-39-42-45-48-51-57(60)63-54-55(53-62-56(59)50-47-44-41-38-35-32-24-21-18-15-12-9-6-3)64-58(61)52-49-46-43-40-37-33-26-23-20-17-14-11-8-5-2/h7,9-10,12,15-16,18-19,21,24-25,27,32-33,35,37,55H,4-6,8,11,13-14,17,20,22-23,26,28-31,34,36,38-54H2,1-3H3/b10-7+,12-9+,18-15+,19-16+,24-21+,27-25+,35-32+,37-33+. The molecule has 64 heavy (non-hydrogen) atoms. The van der Waals surface area contributed by atoms with Crippen LogP contribution in [0.1, 0.15) is 233 Å². The second kappa shape index (κ2) is 52.0. The highest BCUT2D eigenvalue weighted by molar-refractivity contribution is 5.71. The fourth-order valence-corrected chi connectivity index (χ4v) is 6.99. The molecule has 0 aromatic rings. The lowest BCUT2D eigenvalue weighted by atomic mass is 10.1. The van der Waals surface area contributed by atoms with E-state index < -0.39 is 6.10 Å². The maximum absolute atomic E-state index is 12.8. The molecule has 0 bridgehead atoms. The monoisotopic (exact) mass is 889 g/mol. The van der Waals surface area contributed by atoms with Crippen LogP contribution in [-0.2, 0) is 28.6 Å². The second-order valence-corrected chi connectivity index (χ2v) is 17.1. The first-order valence-electron chi connectivity index (χ1n) is 26.3. The van der Waals surface area contributed by atoms with Crippen LogP contribution < -0.4 is 0 Å². The van der Waals surface area contributed by atoms with Crippen LogP contribution in [0.25, 0.3) is 0 Å². The Morgan fingerprint density at radius 2 is 0.688 bits per heavy atom. The van der Waals surface area contributed by atoms with Crippen LogP contribution in [0.5, 0.6) is 0 Å². The van der Waals surface area contributed by atoms with Crippen molar-refractivity contribution in [2.75, 3.05) is 13.2 Å². The molecule has 0 radical (unpaired) electrons. The molecule has 6 heteroatoms. The number of carbonyl (C=O) groups excluding carboxylic acids is 3. The Morgan fingerprint density at radius 1 is 0.344 bits per heavy atom. The van der Waals surface area contributed by atoms with Crippen molar-refractivity contribution in [2.45, 2.75) is 239 Å². The molecule has 6 nitrogen and oxygen atoms in total. The Hall–Kier alpha value is -3.67. The summed E-state index contributed by atoms with van der Waals surface area (Å²) in [5.74, 6) is -0.964. The van der Waals surface area contributed by atoms with Gasteiger partial charge in [-0.1, -0.05) is 214 Å². The lowest BCUT2D eigenvalue weighted by Crippen LogP contribution is -2.30. The molecule has 0 aromatic carbocycles. The van der Waals surface area contributed by atoms with Crippen molar-refractivity contribution in [2.24, 2.45) is 0 Å². The van der Waals surface area contributed by atoms with Gasteiger partial charge in [-0.15, -0.1) is 0 Å². The minimum atomic E-state index is -0.804. The molecule has 1 atom stereocenters. The highest BCUT2D eigenvalue weighted by Gasteiger charge is 2.19. The quantitative estimate of drug-likeness (QED) is 0.0199. The normalized spacial score (nSPS) is 12.9. The van der Waals surface area contributed by atoms with Crippen molar-refractivity contribution in [1.29, 1.82) is 0 Å². The molecule has 0 saturated heterocycles. The van der Waals surface area contributed by atoms with Crippen molar-refractivity contribution in [3.8, 4) is 0 Å². The largest absolute Gasteiger partial charge is 0.462 e. The molecule has 0 aliphatic rings. The van der Waals surface area contributed by atoms with E-state index >= 15 is 0 Å². The molecule has 0 aromatic heterocycles. The molecule has 0 spiro atoms. The summed E-state index contributed by atoms with van der Waals surface area (Å²) in [4.78, 5) is 38.0. The van der Waals surface area contributed by atoms with Gasteiger partial charge in [-0.05, 0) is 96.3 Å². The van der Waals surface area contributed by atoms with Gasteiger partial charge in [0, 0.05) is 19.3 Å². The Bertz CT molecular complexity index is 1300. The van der Waals surface area contributed by atoms with Crippen LogP contribution in [0, 0.1) is 0 Å². The highest BCUT2D eigenvalue weighted by Crippen LogP contribution is 2.14. The van der Waals surface area contributed by atoms with Gasteiger partial charge in [0.15, 0.2) is 6.10 Å². The van der Waals surface area contributed by atoms with Crippen LogP contribution in [0.15, 0.2) is 97.2 Å². The average Bonchev–Trinajstić information content (AvgIpc) is 3.29. The Kier molecular flexibility index (Phi) is 49.0. The SMILES string of the molecule is CC/C=C/C=C/C=C/C=C/CCCCCC(=O)OCC(COC(=O)CCCCCCCCCCC/C=C/C/C=C/C/C=C/CC)OC(=O)CCCCC/C=C/CCCCCCCCC. The van der Waals surface area contributed by atoms with Crippen molar-refractivity contribution >= 4 is 17.9 Å². The Balaban J connectivity index is 4.43. The van der Waals surface area contributed by atoms with E-state index in [9.17, 15) is 14.4 Å². The third-order valence-corrected chi connectivity index (χ3v) is 10.9. The van der Waals surface area contributed by atoms with Crippen molar-refractivity contribution < 1.29 is 28.6 Å². The number of rotatable bonds is 46. The van der Waals surface area contributed by atoms with Crippen molar-refractivity contribution in [3.63, 3.8) is 0 Å².